The molecule has 0 saturated carbocycles. The van der Waals surface area contributed by atoms with Gasteiger partial charge >= 0.3 is 0 Å². The molecule has 0 amide bonds. The van der Waals surface area contributed by atoms with Gasteiger partial charge in [0.2, 0.25) is 0 Å². The van der Waals surface area contributed by atoms with Crippen LogP contribution < -0.4 is 10.1 Å². The van der Waals surface area contributed by atoms with E-state index < -0.39 is 0 Å². The van der Waals surface area contributed by atoms with Crippen molar-refractivity contribution < 1.29 is 4.74 Å². The van der Waals surface area contributed by atoms with E-state index >= 15 is 0 Å². The monoisotopic (exact) mass is 328 g/mol. The number of rotatable bonds is 8. The average molecular weight is 328 g/mol. The molecule has 0 bridgehead atoms. The Hall–Kier alpha value is -1.85. The van der Waals surface area contributed by atoms with Crippen LogP contribution in [0.3, 0.4) is 0 Å². The molecule has 24 heavy (non-hydrogen) atoms. The predicted molar refractivity (Wildman–Crippen MR) is 95.9 cm³/mol. The van der Waals surface area contributed by atoms with Crippen LogP contribution in [-0.4, -0.2) is 34.9 Å². The fraction of sp³-hybridized carbons (Fsp3) is 0.526. The summed E-state index contributed by atoms with van der Waals surface area (Å²) in [6.45, 7) is 8.10. The summed E-state index contributed by atoms with van der Waals surface area (Å²) in [5.41, 5.74) is 3.81. The molecule has 2 aromatic rings. The lowest BCUT2D eigenvalue weighted by molar-refractivity contribution is 0.320. The molecule has 130 valence electrons. The zero-order valence-corrected chi connectivity index (χ0v) is 14.8. The molecular formula is C19H28N4O. The normalized spacial score (nSPS) is 15.1. The number of methoxy groups -OCH3 is 1. The van der Waals surface area contributed by atoms with Gasteiger partial charge in [-0.25, -0.2) is 0 Å². The quantitative estimate of drug-likeness (QED) is 0.809. The first-order chi connectivity index (χ1) is 11.8. The van der Waals surface area contributed by atoms with Crippen LogP contribution in [0.1, 0.15) is 36.5 Å². The number of likely N-dealkylation sites (tertiary alicyclic amines) is 1. The molecule has 1 aliphatic rings. The average Bonchev–Trinajstić information content (AvgIpc) is 3.27. The van der Waals surface area contributed by atoms with E-state index in [1.54, 1.807) is 7.11 Å². The summed E-state index contributed by atoms with van der Waals surface area (Å²) in [6, 6.07) is 6.52. The number of nitrogens with zero attached hydrogens (tertiary/aromatic N) is 3. The van der Waals surface area contributed by atoms with Crippen molar-refractivity contribution in [2.75, 3.05) is 20.2 Å². The van der Waals surface area contributed by atoms with E-state index in [0.717, 1.165) is 31.9 Å². The van der Waals surface area contributed by atoms with Gasteiger partial charge in [-0.15, -0.1) is 0 Å². The second kappa shape index (κ2) is 8.31. The molecule has 2 heterocycles. The molecule has 1 aromatic carbocycles. The molecule has 1 fully saturated rings. The third-order valence-electron chi connectivity index (χ3n) is 4.61. The van der Waals surface area contributed by atoms with E-state index in [1.807, 2.05) is 10.9 Å². The highest BCUT2D eigenvalue weighted by Gasteiger charge is 2.14. The number of hydrogen-bond donors (Lipinski definition) is 1. The second-order valence-electron chi connectivity index (χ2n) is 6.44. The van der Waals surface area contributed by atoms with Crippen molar-refractivity contribution in [1.82, 2.24) is 20.0 Å². The lowest BCUT2D eigenvalue weighted by atomic mass is 10.1. The summed E-state index contributed by atoms with van der Waals surface area (Å²) in [7, 11) is 1.76. The van der Waals surface area contributed by atoms with Gasteiger partial charge in [-0.05, 0) is 50.6 Å². The maximum atomic E-state index is 5.54. The standard InChI is InChI=1S/C19H28N4O/c1-3-23-14-17(13-21-23)12-20-11-16-6-7-19(24-2)18(10-16)15-22-8-4-5-9-22/h6-7,10,13-14,20H,3-5,8-9,11-12,15H2,1-2H3. The van der Waals surface area contributed by atoms with E-state index in [-0.39, 0.29) is 0 Å². The number of benzene rings is 1. The second-order valence-corrected chi connectivity index (χ2v) is 6.44. The zero-order valence-electron chi connectivity index (χ0n) is 14.8. The Balaban J connectivity index is 1.58. The highest BCUT2D eigenvalue weighted by molar-refractivity contribution is 5.37. The minimum Gasteiger partial charge on any atom is -0.496 e. The Morgan fingerprint density at radius 3 is 2.67 bits per heavy atom. The van der Waals surface area contributed by atoms with E-state index in [9.17, 15) is 0 Å². The Morgan fingerprint density at radius 1 is 1.17 bits per heavy atom. The number of aryl methyl sites for hydroxylation is 1. The Labute approximate surface area is 144 Å². The Morgan fingerprint density at radius 2 is 1.96 bits per heavy atom. The number of hydrogen-bond acceptors (Lipinski definition) is 4. The van der Waals surface area contributed by atoms with Gasteiger partial charge in [0.05, 0.1) is 13.3 Å². The molecule has 0 atom stereocenters. The van der Waals surface area contributed by atoms with Gasteiger partial charge < -0.3 is 10.1 Å². The number of aromatic nitrogens is 2. The summed E-state index contributed by atoms with van der Waals surface area (Å²) in [5, 5.41) is 7.82. The Bertz CT molecular complexity index is 647. The summed E-state index contributed by atoms with van der Waals surface area (Å²) in [6.07, 6.45) is 6.66. The van der Waals surface area contributed by atoms with E-state index in [4.69, 9.17) is 4.74 Å². The molecule has 1 aliphatic heterocycles. The highest BCUT2D eigenvalue weighted by atomic mass is 16.5. The fourth-order valence-corrected chi connectivity index (χ4v) is 3.27. The number of ether oxygens (including phenoxy) is 1. The van der Waals surface area contributed by atoms with Crippen molar-refractivity contribution in [1.29, 1.82) is 0 Å². The summed E-state index contributed by atoms with van der Waals surface area (Å²) in [5.74, 6) is 0.995. The van der Waals surface area contributed by atoms with Gasteiger partial charge in [-0.2, -0.15) is 5.10 Å². The van der Waals surface area contributed by atoms with Crippen LogP contribution in [-0.2, 0) is 26.2 Å². The maximum absolute atomic E-state index is 5.54. The first kappa shape index (κ1) is 17.0. The van der Waals surface area contributed by atoms with Crippen molar-refractivity contribution in [3.05, 3.63) is 47.3 Å². The maximum Gasteiger partial charge on any atom is 0.123 e. The van der Waals surface area contributed by atoms with Crippen molar-refractivity contribution in [3.8, 4) is 5.75 Å². The predicted octanol–water partition coefficient (Wildman–Crippen LogP) is 2.80. The molecule has 5 nitrogen and oxygen atoms in total. The molecule has 0 radical (unpaired) electrons. The highest BCUT2D eigenvalue weighted by Crippen LogP contribution is 2.23. The topological polar surface area (TPSA) is 42.3 Å². The molecule has 3 rings (SSSR count). The van der Waals surface area contributed by atoms with Gasteiger partial charge in [-0.3, -0.25) is 9.58 Å². The summed E-state index contributed by atoms with van der Waals surface area (Å²) < 4.78 is 7.50. The van der Waals surface area contributed by atoms with Gasteiger partial charge in [0.25, 0.3) is 0 Å². The molecular weight excluding hydrogens is 300 g/mol. The van der Waals surface area contributed by atoms with E-state index in [0.29, 0.717) is 0 Å². The molecule has 1 N–H and O–H groups in total. The lowest BCUT2D eigenvalue weighted by Gasteiger charge is -2.18. The summed E-state index contributed by atoms with van der Waals surface area (Å²) >= 11 is 0. The third kappa shape index (κ3) is 4.36. The van der Waals surface area contributed by atoms with Crippen LogP contribution in [0.5, 0.6) is 5.75 Å². The van der Waals surface area contributed by atoms with Gasteiger partial charge in [0.1, 0.15) is 5.75 Å². The van der Waals surface area contributed by atoms with Gasteiger partial charge in [0, 0.05) is 43.5 Å². The SMILES string of the molecule is CCn1cc(CNCc2ccc(OC)c(CN3CCCC3)c2)cn1. The number of nitrogens with one attached hydrogen (secondary N) is 1. The van der Waals surface area contributed by atoms with E-state index in [2.05, 4.69) is 46.6 Å². The van der Waals surface area contributed by atoms with Crippen LogP contribution in [0, 0.1) is 0 Å². The molecule has 0 unspecified atom stereocenters. The fourth-order valence-electron chi connectivity index (χ4n) is 3.27. The minimum absolute atomic E-state index is 0.841. The largest absolute Gasteiger partial charge is 0.496 e. The molecule has 0 aliphatic carbocycles. The zero-order chi connectivity index (χ0) is 16.8. The smallest absolute Gasteiger partial charge is 0.123 e. The molecule has 0 spiro atoms. The minimum atomic E-state index is 0.841. The van der Waals surface area contributed by atoms with Gasteiger partial charge in [0.15, 0.2) is 0 Å². The lowest BCUT2D eigenvalue weighted by Crippen LogP contribution is -2.19. The van der Waals surface area contributed by atoms with Crippen LogP contribution in [0.25, 0.3) is 0 Å². The van der Waals surface area contributed by atoms with Gasteiger partial charge in [-0.1, -0.05) is 6.07 Å². The van der Waals surface area contributed by atoms with Crippen LogP contribution >= 0.6 is 0 Å². The third-order valence-corrected chi connectivity index (χ3v) is 4.61. The molecule has 1 saturated heterocycles. The Kier molecular flexibility index (Phi) is 5.88. The first-order valence-electron chi connectivity index (χ1n) is 8.88. The van der Waals surface area contributed by atoms with E-state index in [1.165, 1.54) is 42.6 Å². The molecule has 5 heteroatoms. The van der Waals surface area contributed by atoms with Crippen LogP contribution in [0.4, 0.5) is 0 Å². The van der Waals surface area contributed by atoms with Crippen molar-refractivity contribution in [3.63, 3.8) is 0 Å². The molecule has 1 aromatic heterocycles. The van der Waals surface area contributed by atoms with Crippen molar-refractivity contribution in [2.45, 2.75) is 45.9 Å². The van der Waals surface area contributed by atoms with Crippen molar-refractivity contribution in [2.24, 2.45) is 0 Å². The van der Waals surface area contributed by atoms with Crippen LogP contribution in [0.15, 0.2) is 30.6 Å². The first-order valence-corrected chi connectivity index (χ1v) is 8.88. The summed E-state index contributed by atoms with van der Waals surface area (Å²) in [4.78, 5) is 2.51. The van der Waals surface area contributed by atoms with Crippen molar-refractivity contribution >= 4 is 0 Å². The van der Waals surface area contributed by atoms with Crippen LogP contribution in [0.2, 0.25) is 0 Å².